The Morgan fingerprint density at radius 3 is 1.72 bits per heavy atom. The van der Waals surface area contributed by atoms with Crippen LogP contribution in [0.4, 0.5) is 11.4 Å². The van der Waals surface area contributed by atoms with Crippen LogP contribution in [-0.2, 0) is 5.41 Å². The Labute approximate surface area is 175 Å². The predicted molar refractivity (Wildman–Crippen MR) is 119 cm³/mol. The quantitative estimate of drug-likeness (QED) is 0.546. The molecule has 2 amide bonds. The fraction of sp³-hybridized carbons (Fsp3) is 0.167. The van der Waals surface area contributed by atoms with Crippen LogP contribution in [0.15, 0.2) is 72.8 Å². The topological polar surface area (TPSA) is 58.2 Å². The van der Waals surface area contributed by atoms with E-state index in [1.165, 1.54) is 5.56 Å². The Kier molecular flexibility index (Phi) is 6.04. The Morgan fingerprint density at radius 1 is 0.724 bits per heavy atom. The van der Waals surface area contributed by atoms with Crippen LogP contribution in [0.25, 0.3) is 0 Å². The predicted octanol–water partition coefficient (Wildman–Crippen LogP) is 6.14. The molecule has 29 heavy (non-hydrogen) atoms. The van der Waals surface area contributed by atoms with Crippen LogP contribution in [0.2, 0.25) is 5.02 Å². The van der Waals surface area contributed by atoms with Crippen molar-refractivity contribution in [1.82, 2.24) is 0 Å². The van der Waals surface area contributed by atoms with E-state index < -0.39 is 0 Å². The molecule has 0 aliphatic rings. The van der Waals surface area contributed by atoms with Gasteiger partial charge in [0, 0.05) is 27.5 Å². The number of rotatable bonds is 4. The average Bonchev–Trinajstić information content (AvgIpc) is 2.69. The minimum Gasteiger partial charge on any atom is -0.322 e. The van der Waals surface area contributed by atoms with E-state index in [9.17, 15) is 9.59 Å². The van der Waals surface area contributed by atoms with Gasteiger partial charge in [-0.15, -0.1) is 0 Å². The lowest BCUT2D eigenvalue weighted by atomic mass is 9.87. The van der Waals surface area contributed by atoms with E-state index in [0.717, 1.165) is 0 Å². The second-order valence-corrected chi connectivity index (χ2v) is 8.26. The summed E-state index contributed by atoms with van der Waals surface area (Å²) in [6.45, 7) is 6.40. The Balaban J connectivity index is 1.63. The van der Waals surface area contributed by atoms with Crippen molar-refractivity contribution in [2.24, 2.45) is 0 Å². The molecule has 0 saturated heterocycles. The monoisotopic (exact) mass is 406 g/mol. The van der Waals surface area contributed by atoms with Crippen molar-refractivity contribution >= 4 is 34.8 Å². The first-order chi connectivity index (χ1) is 13.7. The highest BCUT2D eigenvalue weighted by atomic mass is 35.5. The highest BCUT2D eigenvalue weighted by Crippen LogP contribution is 2.23. The van der Waals surface area contributed by atoms with E-state index in [1.54, 1.807) is 48.5 Å². The maximum atomic E-state index is 12.5. The summed E-state index contributed by atoms with van der Waals surface area (Å²) >= 11 is 5.92. The fourth-order valence-corrected chi connectivity index (χ4v) is 2.99. The van der Waals surface area contributed by atoms with Gasteiger partial charge in [0.25, 0.3) is 11.8 Å². The van der Waals surface area contributed by atoms with Crippen LogP contribution in [0, 0.1) is 0 Å². The zero-order valence-electron chi connectivity index (χ0n) is 16.6. The van der Waals surface area contributed by atoms with E-state index in [4.69, 9.17) is 11.6 Å². The number of anilines is 2. The van der Waals surface area contributed by atoms with Gasteiger partial charge in [0.1, 0.15) is 0 Å². The second-order valence-electron chi connectivity index (χ2n) is 7.82. The Hall–Kier alpha value is -3.11. The maximum absolute atomic E-state index is 12.5. The molecule has 0 saturated carbocycles. The van der Waals surface area contributed by atoms with Gasteiger partial charge < -0.3 is 10.6 Å². The molecular formula is C24H23ClN2O2. The third-order valence-electron chi connectivity index (χ3n) is 4.50. The second kappa shape index (κ2) is 8.50. The minimum absolute atomic E-state index is 0.0420. The lowest BCUT2D eigenvalue weighted by Gasteiger charge is -2.19. The lowest BCUT2D eigenvalue weighted by Crippen LogP contribution is -2.14. The molecule has 2 N–H and O–H groups in total. The third-order valence-corrected chi connectivity index (χ3v) is 4.74. The number of benzene rings is 3. The van der Waals surface area contributed by atoms with E-state index >= 15 is 0 Å². The summed E-state index contributed by atoms with van der Waals surface area (Å²) in [6, 6.07) is 21.3. The maximum Gasteiger partial charge on any atom is 0.255 e. The standard InChI is InChI=1S/C24H23ClN2O2/c1-24(2,3)18-9-7-16(8-10-18)22(28)26-20-11-13-21(14-12-20)27-23(29)17-5-4-6-19(25)15-17/h4-15H,1-3H3,(H,26,28)(H,27,29). The molecule has 0 spiro atoms. The first-order valence-electron chi connectivity index (χ1n) is 9.31. The van der Waals surface area contributed by atoms with Gasteiger partial charge in [-0.05, 0) is 65.6 Å². The summed E-state index contributed by atoms with van der Waals surface area (Å²) in [7, 11) is 0. The van der Waals surface area contributed by atoms with E-state index in [1.807, 2.05) is 24.3 Å². The van der Waals surface area contributed by atoms with Crippen molar-refractivity contribution in [2.75, 3.05) is 10.6 Å². The number of hydrogen-bond donors (Lipinski definition) is 2. The largest absolute Gasteiger partial charge is 0.322 e. The number of nitrogens with one attached hydrogen (secondary N) is 2. The number of amides is 2. The molecule has 3 rings (SSSR count). The third kappa shape index (κ3) is 5.46. The van der Waals surface area contributed by atoms with Gasteiger partial charge in [-0.25, -0.2) is 0 Å². The van der Waals surface area contributed by atoms with Gasteiger partial charge in [-0.2, -0.15) is 0 Å². The van der Waals surface area contributed by atoms with Gasteiger partial charge in [-0.3, -0.25) is 9.59 Å². The summed E-state index contributed by atoms with van der Waals surface area (Å²) in [5, 5.41) is 6.18. The van der Waals surface area contributed by atoms with Crippen molar-refractivity contribution < 1.29 is 9.59 Å². The normalized spacial score (nSPS) is 11.0. The minimum atomic E-state index is -0.247. The van der Waals surface area contributed by atoms with Crippen LogP contribution < -0.4 is 10.6 Å². The van der Waals surface area contributed by atoms with Crippen LogP contribution >= 0.6 is 11.6 Å². The van der Waals surface area contributed by atoms with Crippen LogP contribution in [0.1, 0.15) is 47.1 Å². The first kappa shape index (κ1) is 20.6. The molecule has 0 unspecified atom stereocenters. The smallest absolute Gasteiger partial charge is 0.255 e. The molecular weight excluding hydrogens is 384 g/mol. The molecule has 0 aliphatic carbocycles. The molecule has 0 atom stereocenters. The van der Waals surface area contributed by atoms with Crippen molar-refractivity contribution in [2.45, 2.75) is 26.2 Å². The van der Waals surface area contributed by atoms with E-state index in [2.05, 4.69) is 31.4 Å². The molecule has 3 aromatic carbocycles. The summed E-state index contributed by atoms with van der Waals surface area (Å²) in [5.74, 6) is -0.426. The van der Waals surface area contributed by atoms with Crippen LogP contribution in [0.3, 0.4) is 0 Å². The number of hydrogen-bond acceptors (Lipinski definition) is 2. The molecule has 0 heterocycles. The zero-order valence-corrected chi connectivity index (χ0v) is 17.4. The Morgan fingerprint density at radius 2 is 1.24 bits per heavy atom. The molecule has 4 nitrogen and oxygen atoms in total. The number of halogens is 1. The van der Waals surface area contributed by atoms with Gasteiger partial charge in [0.05, 0.1) is 0 Å². The summed E-state index contributed by atoms with van der Waals surface area (Å²) in [6.07, 6.45) is 0. The molecule has 0 radical (unpaired) electrons. The highest BCUT2D eigenvalue weighted by molar-refractivity contribution is 6.31. The molecule has 0 aromatic heterocycles. The zero-order chi connectivity index (χ0) is 21.0. The fourth-order valence-electron chi connectivity index (χ4n) is 2.79. The van der Waals surface area contributed by atoms with Crippen molar-refractivity contribution in [3.8, 4) is 0 Å². The molecule has 3 aromatic rings. The van der Waals surface area contributed by atoms with E-state index in [0.29, 0.717) is 27.5 Å². The summed E-state index contributed by atoms with van der Waals surface area (Å²) in [4.78, 5) is 24.7. The van der Waals surface area contributed by atoms with E-state index in [-0.39, 0.29) is 17.2 Å². The van der Waals surface area contributed by atoms with Crippen molar-refractivity contribution in [3.63, 3.8) is 0 Å². The van der Waals surface area contributed by atoms with Gasteiger partial charge in [0.2, 0.25) is 0 Å². The van der Waals surface area contributed by atoms with Crippen molar-refractivity contribution in [3.05, 3.63) is 94.5 Å². The van der Waals surface area contributed by atoms with Crippen LogP contribution in [-0.4, -0.2) is 11.8 Å². The molecule has 0 fully saturated rings. The SMILES string of the molecule is CC(C)(C)c1ccc(C(=O)Nc2ccc(NC(=O)c3cccc(Cl)c3)cc2)cc1. The van der Waals surface area contributed by atoms with Crippen LogP contribution in [0.5, 0.6) is 0 Å². The van der Waals surface area contributed by atoms with Crippen molar-refractivity contribution in [1.29, 1.82) is 0 Å². The van der Waals surface area contributed by atoms with Gasteiger partial charge in [0.15, 0.2) is 0 Å². The highest BCUT2D eigenvalue weighted by Gasteiger charge is 2.14. The van der Waals surface area contributed by atoms with Gasteiger partial charge >= 0.3 is 0 Å². The lowest BCUT2D eigenvalue weighted by molar-refractivity contribution is 0.101. The summed E-state index contributed by atoms with van der Waals surface area (Å²) < 4.78 is 0. The number of carbonyl (C=O) groups is 2. The molecule has 148 valence electrons. The Bertz CT molecular complexity index is 1020. The van der Waals surface area contributed by atoms with Gasteiger partial charge in [-0.1, -0.05) is 50.6 Å². The number of carbonyl (C=O) groups excluding carboxylic acids is 2. The first-order valence-corrected chi connectivity index (χ1v) is 9.69. The molecule has 0 bridgehead atoms. The average molecular weight is 407 g/mol. The molecule has 0 aliphatic heterocycles. The summed E-state index contributed by atoms with van der Waals surface area (Å²) in [5.41, 5.74) is 3.57. The molecule has 5 heteroatoms.